The molecule has 1 aliphatic rings. The molecular weight excluding hydrogens is 347 g/mol. The van der Waals surface area contributed by atoms with Gasteiger partial charge in [0.1, 0.15) is 5.41 Å². The summed E-state index contributed by atoms with van der Waals surface area (Å²) in [6.07, 6.45) is 1.05. The van der Waals surface area contributed by atoms with Crippen molar-refractivity contribution in [2.45, 2.75) is 19.8 Å². The second kappa shape index (κ2) is 6.46. The van der Waals surface area contributed by atoms with Gasteiger partial charge in [0.05, 0.1) is 10.0 Å². The van der Waals surface area contributed by atoms with Gasteiger partial charge in [-0.15, -0.1) is 0 Å². The number of carbonyl (C=O) groups is 2. The van der Waals surface area contributed by atoms with E-state index in [0.717, 1.165) is 5.56 Å². The summed E-state index contributed by atoms with van der Waals surface area (Å²) < 4.78 is 0. The Labute approximate surface area is 150 Å². The molecule has 6 heteroatoms. The lowest BCUT2D eigenvalue weighted by Crippen LogP contribution is -2.35. The molecule has 0 bridgehead atoms. The van der Waals surface area contributed by atoms with E-state index in [1.807, 2.05) is 31.2 Å². The van der Waals surface area contributed by atoms with Gasteiger partial charge in [0.2, 0.25) is 11.8 Å². The van der Waals surface area contributed by atoms with Crippen LogP contribution in [0, 0.1) is 12.3 Å². The third-order valence-electron chi connectivity index (χ3n) is 4.11. The molecule has 0 atom stereocenters. The fourth-order valence-electron chi connectivity index (χ4n) is 2.39. The summed E-state index contributed by atoms with van der Waals surface area (Å²) in [6, 6.07) is 12.3. The van der Waals surface area contributed by atoms with E-state index in [0.29, 0.717) is 34.3 Å². The molecule has 2 amide bonds. The lowest BCUT2D eigenvalue weighted by Gasteiger charge is -2.16. The van der Waals surface area contributed by atoms with Crippen molar-refractivity contribution in [1.29, 1.82) is 0 Å². The SMILES string of the molecule is Cc1ccc(NC(=O)C2(C(=O)Nc3ccc(Cl)c(Cl)c3)CC2)cc1. The molecule has 2 aromatic carbocycles. The molecule has 0 saturated heterocycles. The number of carbonyl (C=O) groups excluding carboxylic acids is 2. The Kier molecular flexibility index (Phi) is 4.52. The first-order valence-corrected chi connectivity index (χ1v) is 8.31. The van der Waals surface area contributed by atoms with Gasteiger partial charge in [-0.3, -0.25) is 9.59 Å². The Morgan fingerprint density at radius 1 is 0.875 bits per heavy atom. The summed E-state index contributed by atoms with van der Waals surface area (Å²) in [5, 5.41) is 6.32. The molecule has 2 N–H and O–H groups in total. The van der Waals surface area contributed by atoms with E-state index in [-0.39, 0.29) is 11.8 Å². The van der Waals surface area contributed by atoms with Crippen LogP contribution in [0.2, 0.25) is 10.0 Å². The van der Waals surface area contributed by atoms with Crippen molar-refractivity contribution in [2.24, 2.45) is 5.41 Å². The molecule has 0 spiro atoms. The van der Waals surface area contributed by atoms with E-state index in [9.17, 15) is 9.59 Å². The monoisotopic (exact) mass is 362 g/mol. The van der Waals surface area contributed by atoms with E-state index in [1.54, 1.807) is 18.2 Å². The Morgan fingerprint density at radius 3 is 1.96 bits per heavy atom. The van der Waals surface area contributed by atoms with E-state index in [4.69, 9.17) is 23.2 Å². The quantitative estimate of drug-likeness (QED) is 0.777. The summed E-state index contributed by atoms with van der Waals surface area (Å²) in [6.45, 7) is 1.97. The van der Waals surface area contributed by atoms with Gasteiger partial charge in [-0.2, -0.15) is 0 Å². The van der Waals surface area contributed by atoms with Crippen molar-refractivity contribution in [1.82, 2.24) is 0 Å². The van der Waals surface area contributed by atoms with Crippen LogP contribution >= 0.6 is 23.2 Å². The number of anilines is 2. The van der Waals surface area contributed by atoms with Crippen molar-refractivity contribution in [3.63, 3.8) is 0 Å². The van der Waals surface area contributed by atoms with Crippen molar-refractivity contribution in [3.8, 4) is 0 Å². The molecular formula is C18H16Cl2N2O2. The normalized spacial score (nSPS) is 14.8. The molecule has 1 saturated carbocycles. The summed E-state index contributed by atoms with van der Waals surface area (Å²) in [7, 11) is 0. The second-order valence-electron chi connectivity index (χ2n) is 5.99. The molecule has 4 nitrogen and oxygen atoms in total. The third kappa shape index (κ3) is 3.40. The van der Waals surface area contributed by atoms with Crippen LogP contribution in [0.5, 0.6) is 0 Å². The van der Waals surface area contributed by atoms with Gasteiger partial charge in [-0.1, -0.05) is 40.9 Å². The Morgan fingerprint density at radius 2 is 1.42 bits per heavy atom. The first-order chi connectivity index (χ1) is 11.4. The van der Waals surface area contributed by atoms with Crippen LogP contribution in [0.15, 0.2) is 42.5 Å². The lowest BCUT2D eigenvalue weighted by atomic mass is 10.0. The maximum absolute atomic E-state index is 12.5. The largest absolute Gasteiger partial charge is 0.325 e. The molecule has 1 aliphatic carbocycles. The van der Waals surface area contributed by atoms with Crippen LogP contribution in [0.1, 0.15) is 18.4 Å². The van der Waals surface area contributed by atoms with Gasteiger partial charge < -0.3 is 10.6 Å². The van der Waals surface area contributed by atoms with Gasteiger partial charge in [0.15, 0.2) is 0 Å². The number of benzene rings is 2. The number of aryl methyl sites for hydroxylation is 1. The molecule has 1 fully saturated rings. The lowest BCUT2D eigenvalue weighted by molar-refractivity contribution is -0.131. The van der Waals surface area contributed by atoms with E-state index >= 15 is 0 Å². The molecule has 0 aliphatic heterocycles. The van der Waals surface area contributed by atoms with Crippen molar-refractivity contribution in [2.75, 3.05) is 10.6 Å². The minimum absolute atomic E-state index is 0.288. The molecule has 0 heterocycles. The van der Waals surface area contributed by atoms with Gasteiger partial charge in [0, 0.05) is 11.4 Å². The van der Waals surface area contributed by atoms with Gasteiger partial charge in [-0.05, 0) is 50.1 Å². The highest BCUT2D eigenvalue weighted by atomic mass is 35.5. The number of rotatable bonds is 4. The smallest absolute Gasteiger partial charge is 0.240 e. The molecule has 2 aromatic rings. The molecule has 0 radical (unpaired) electrons. The highest BCUT2D eigenvalue weighted by Gasteiger charge is 2.56. The average Bonchev–Trinajstić information content (AvgIpc) is 3.35. The van der Waals surface area contributed by atoms with E-state index in [1.165, 1.54) is 0 Å². The summed E-state index contributed by atoms with van der Waals surface area (Å²) in [5.41, 5.74) is 1.28. The van der Waals surface area contributed by atoms with Gasteiger partial charge >= 0.3 is 0 Å². The highest BCUT2D eigenvalue weighted by molar-refractivity contribution is 6.42. The van der Waals surface area contributed by atoms with Crippen molar-refractivity contribution >= 4 is 46.4 Å². The van der Waals surface area contributed by atoms with Crippen LogP contribution in [0.4, 0.5) is 11.4 Å². The number of hydrogen-bond acceptors (Lipinski definition) is 2. The Balaban J connectivity index is 1.70. The van der Waals surface area contributed by atoms with Crippen LogP contribution in [0.3, 0.4) is 0 Å². The van der Waals surface area contributed by atoms with Crippen LogP contribution in [-0.4, -0.2) is 11.8 Å². The first-order valence-electron chi connectivity index (χ1n) is 7.55. The van der Waals surface area contributed by atoms with Crippen molar-refractivity contribution < 1.29 is 9.59 Å². The van der Waals surface area contributed by atoms with Crippen LogP contribution in [0.25, 0.3) is 0 Å². The van der Waals surface area contributed by atoms with Gasteiger partial charge in [0.25, 0.3) is 0 Å². The topological polar surface area (TPSA) is 58.2 Å². The standard InChI is InChI=1S/C18H16Cl2N2O2/c1-11-2-4-12(5-3-11)21-16(23)18(8-9-18)17(24)22-13-6-7-14(19)15(20)10-13/h2-7,10H,8-9H2,1H3,(H,21,23)(H,22,24). The number of nitrogens with one attached hydrogen (secondary N) is 2. The van der Waals surface area contributed by atoms with Crippen molar-refractivity contribution in [3.05, 3.63) is 58.1 Å². The zero-order valence-electron chi connectivity index (χ0n) is 13.0. The summed E-state index contributed by atoms with van der Waals surface area (Å²) >= 11 is 11.8. The minimum atomic E-state index is -1.02. The Hall–Kier alpha value is -2.04. The van der Waals surface area contributed by atoms with Gasteiger partial charge in [-0.25, -0.2) is 0 Å². The number of amides is 2. The zero-order chi connectivity index (χ0) is 17.3. The predicted octanol–water partition coefficient (Wildman–Crippen LogP) is 4.66. The van der Waals surface area contributed by atoms with E-state index in [2.05, 4.69) is 10.6 Å². The fraction of sp³-hybridized carbons (Fsp3) is 0.222. The summed E-state index contributed by atoms with van der Waals surface area (Å²) in [4.78, 5) is 25.0. The first kappa shape index (κ1) is 16.8. The molecule has 124 valence electrons. The summed E-state index contributed by atoms with van der Waals surface area (Å²) in [5.74, 6) is -0.616. The maximum Gasteiger partial charge on any atom is 0.240 e. The molecule has 0 aromatic heterocycles. The highest BCUT2D eigenvalue weighted by Crippen LogP contribution is 2.47. The molecule has 24 heavy (non-hydrogen) atoms. The average molecular weight is 363 g/mol. The zero-order valence-corrected chi connectivity index (χ0v) is 14.5. The molecule has 3 rings (SSSR count). The van der Waals surface area contributed by atoms with Crippen LogP contribution in [-0.2, 0) is 9.59 Å². The molecule has 0 unspecified atom stereocenters. The number of halogens is 2. The third-order valence-corrected chi connectivity index (χ3v) is 4.85. The maximum atomic E-state index is 12.5. The minimum Gasteiger partial charge on any atom is -0.325 e. The fourth-order valence-corrected chi connectivity index (χ4v) is 2.69. The predicted molar refractivity (Wildman–Crippen MR) is 96.6 cm³/mol. The Bertz CT molecular complexity index is 799. The van der Waals surface area contributed by atoms with E-state index < -0.39 is 5.41 Å². The second-order valence-corrected chi connectivity index (χ2v) is 6.80. The van der Waals surface area contributed by atoms with Crippen LogP contribution < -0.4 is 10.6 Å². The number of hydrogen-bond donors (Lipinski definition) is 2.